The fraction of sp³-hybridized carbons (Fsp3) is 0.857. The van der Waals surface area contributed by atoms with Gasteiger partial charge in [0.25, 0.3) is 0 Å². The van der Waals surface area contributed by atoms with E-state index < -0.39 is 45.1 Å². The van der Waals surface area contributed by atoms with E-state index in [1.807, 2.05) is 0 Å². The van der Waals surface area contributed by atoms with Crippen LogP contribution in [0.2, 0.25) is 0 Å². The zero-order chi connectivity index (χ0) is 39.1. The van der Waals surface area contributed by atoms with Crippen LogP contribution in [-0.2, 0) is 32.7 Å². The molecule has 0 radical (unpaired) electrons. The van der Waals surface area contributed by atoms with E-state index in [-0.39, 0.29) is 13.0 Å². The summed E-state index contributed by atoms with van der Waals surface area (Å²) in [5.41, 5.74) is 5.35. The van der Waals surface area contributed by atoms with E-state index >= 15 is 0 Å². The fourth-order valence-corrected chi connectivity index (χ4v) is 6.65. The lowest BCUT2D eigenvalue weighted by Crippen LogP contribution is -2.34. The first-order valence-corrected chi connectivity index (χ1v) is 22.9. The molecule has 0 aliphatic rings. The quantitative estimate of drug-likeness (QED) is 0.0237. The van der Waals surface area contributed by atoms with Crippen molar-refractivity contribution in [3.05, 3.63) is 24.3 Å². The number of phosphoric ester groups is 1. The number of hydrogen-bond donors (Lipinski definition) is 3. The lowest BCUT2D eigenvalue weighted by atomic mass is 10.0. The Bertz CT molecular complexity index is 946. The maximum atomic E-state index is 12.6. The normalized spacial score (nSPS) is 14.2. The topological polar surface area (TPSA) is 155 Å². The molecule has 0 aliphatic carbocycles. The van der Waals surface area contributed by atoms with Crippen molar-refractivity contribution in [1.29, 1.82) is 0 Å². The first-order chi connectivity index (χ1) is 25.7. The van der Waals surface area contributed by atoms with Crippen molar-refractivity contribution in [1.82, 2.24) is 0 Å². The molecule has 3 atom stereocenters. The number of carbonyl (C=O) groups is 2. The van der Waals surface area contributed by atoms with Gasteiger partial charge in [0.05, 0.1) is 19.8 Å². The van der Waals surface area contributed by atoms with Gasteiger partial charge in [-0.05, 0) is 44.9 Å². The van der Waals surface area contributed by atoms with Crippen LogP contribution in [0.15, 0.2) is 24.3 Å². The van der Waals surface area contributed by atoms with Gasteiger partial charge < -0.3 is 25.2 Å². The molecule has 0 bridgehead atoms. The molecule has 0 aromatic heterocycles. The number of ether oxygens (including phenoxy) is 2. The minimum absolute atomic E-state index is 0.0152. The van der Waals surface area contributed by atoms with E-state index in [0.29, 0.717) is 13.0 Å². The number of carboxylic acid groups (broad SMARTS) is 1. The molecule has 0 heterocycles. The van der Waals surface area contributed by atoms with Gasteiger partial charge in [-0.25, -0.2) is 4.57 Å². The third-order valence-electron chi connectivity index (χ3n) is 9.23. The van der Waals surface area contributed by atoms with Gasteiger partial charge in [-0.15, -0.1) is 0 Å². The van der Waals surface area contributed by atoms with E-state index in [4.69, 9.17) is 29.4 Å². The maximum absolute atomic E-state index is 12.6. The molecule has 0 spiro atoms. The number of allylic oxidation sites excluding steroid dienone is 4. The van der Waals surface area contributed by atoms with Crippen molar-refractivity contribution in [2.75, 3.05) is 26.4 Å². The highest BCUT2D eigenvalue weighted by Gasteiger charge is 2.27. The molecular weight excluding hydrogens is 693 g/mol. The third kappa shape index (κ3) is 38.5. The van der Waals surface area contributed by atoms with Crippen molar-refractivity contribution >= 4 is 19.8 Å². The van der Waals surface area contributed by atoms with Crippen molar-refractivity contribution in [2.24, 2.45) is 5.73 Å². The minimum atomic E-state index is -4.61. The molecule has 0 aliphatic heterocycles. The second-order valence-corrected chi connectivity index (χ2v) is 15.9. The van der Waals surface area contributed by atoms with Crippen LogP contribution in [0.3, 0.4) is 0 Å². The monoisotopic (exact) mass is 774 g/mol. The molecule has 0 rings (SSSR count). The highest BCUT2D eigenvalue weighted by molar-refractivity contribution is 7.47. The van der Waals surface area contributed by atoms with Gasteiger partial charge >= 0.3 is 19.8 Å². The number of esters is 1. The van der Waals surface area contributed by atoms with Crippen LogP contribution in [0.25, 0.3) is 0 Å². The Hall–Kier alpha value is -1.55. The summed E-state index contributed by atoms with van der Waals surface area (Å²) in [4.78, 5) is 33.5. The molecule has 0 aromatic rings. The van der Waals surface area contributed by atoms with Crippen LogP contribution >= 0.6 is 7.82 Å². The van der Waals surface area contributed by atoms with Crippen LogP contribution in [0, 0.1) is 0 Å². The maximum Gasteiger partial charge on any atom is 0.472 e. The zero-order valence-corrected chi connectivity index (χ0v) is 34.8. The fourth-order valence-electron chi connectivity index (χ4n) is 5.87. The number of nitrogens with two attached hydrogens (primary N) is 1. The Kier molecular flexibility index (Phi) is 37.6. The van der Waals surface area contributed by atoms with Gasteiger partial charge in [0.2, 0.25) is 0 Å². The molecule has 53 heavy (non-hydrogen) atoms. The van der Waals surface area contributed by atoms with Gasteiger partial charge in [0.1, 0.15) is 12.1 Å². The van der Waals surface area contributed by atoms with Crippen molar-refractivity contribution in [3.8, 4) is 0 Å². The van der Waals surface area contributed by atoms with Gasteiger partial charge in [-0.3, -0.25) is 18.6 Å². The number of aliphatic carboxylic acids is 1. The van der Waals surface area contributed by atoms with E-state index in [2.05, 4.69) is 38.2 Å². The van der Waals surface area contributed by atoms with Gasteiger partial charge in [0, 0.05) is 13.0 Å². The zero-order valence-electron chi connectivity index (χ0n) is 33.9. The summed E-state index contributed by atoms with van der Waals surface area (Å²) in [7, 11) is -4.61. The molecule has 10 nitrogen and oxygen atoms in total. The summed E-state index contributed by atoms with van der Waals surface area (Å²) in [6.45, 7) is 3.86. The Labute approximate surface area is 324 Å². The van der Waals surface area contributed by atoms with Crippen molar-refractivity contribution in [3.63, 3.8) is 0 Å². The lowest BCUT2D eigenvalue weighted by Gasteiger charge is -2.20. The first-order valence-electron chi connectivity index (χ1n) is 21.4. The molecule has 1 unspecified atom stereocenters. The molecule has 0 saturated carbocycles. The Morgan fingerprint density at radius 1 is 0.604 bits per heavy atom. The predicted octanol–water partition coefficient (Wildman–Crippen LogP) is 11.5. The van der Waals surface area contributed by atoms with E-state index in [1.54, 1.807) is 0 Å². The molecule has 0 aromatic carbocycles. The first kappa shape index (κ1) is 51.5. The molecule has 0 amide bonds. The third-order valence-corrected chi connectivity index (χ3v) is 10.2. The molecule has 0 fully saturated rings. The minimum Gasteiger partial charge on any atom is -0.480 e. The summed E-state index contributed by atoms with van der Waals surface area (Å²) < 4.78 is 33.3. The van der Waals surface area contributed by atoms with Crippen molar-refractivity contribution < 1.29 is 42.7 Å². The van der Waals surface area contributed by atoms with E-state index in [1.165, 1.54) is 109 Å². The molecule has 312 valence electrons. The Morgan fingerprint density at radius 2 is 1.04 bits per heavy atom. The molecule has 0 saturated heterocycles. The number of carbonyl (C=O) groups excluding carboxylic acids is 1. The van der Waals surface area contributed by atoms with Gasteiger partial charge in [-0.1, -0.05) is 167 Å². The second-order valence-electron chi connectivity index (χ2n) is 14.5. The van der Waals surface area contributed by atoms with Crippen LogP contribution in [0.4, 0.5) is 0 Å². The van der Waals surface area contributed by atoms with Crippen LogP contribution in [0.5, 0.6) is 0 Å². The molecule has 4 N–H and O–H groups in total. The summed E-state index contributed by atoms with van der Waals surface area (Å²) in [5, 5.41) is 8.89. The average molecular weight is 774 g/mol. The second kappa shape index (κ2) is 38.7. The highest BCUT2D eigenvalue weighted by Crippen LogP contribution is 2.43. The van der Waals surface area contributed by atoms with Crippen LogP contribution in [0.1, 0.15) is 194 Å². The van der Waals surface area contributed by atoms with E-state index in [9.17, 15) is 19.0 Å². The standard InChI is InChI=1S/C42H80NO9P/c1-3-5-7-9-11-13-15-17-19-21-23-25-27-29-31-33-35-49-36-39(37-50-53(47,48)51-38-40(43)42(45)46)52-41(44)34-32-30-28-26-24-22-20-18-16-14-12-10-8-6-4-2/h12,14,18,20,39-40H,3-11,13,15-17,19,21-38,43H2,1-2H3,(H,45,46)(H,47,48)/b14-12-,20-18-/t39-,40+/m1/s1. The SMILES string of the molecule is CCCCC/C=C\C/C=C\CCCCCCCC(=O)O[C@H](COCCCCCCCCCCCCCCCCCC)COP(=O)(O)OC[C@H](N)C(=O)O. The number of phosphoric acid groups is 1. The smallest absolute Gasteiger partial charge is 0.472 e. The largest absolute Gasteiger partial charge is 0.480 e. The number of carboxylic acids is 1. The Morgan fingerprint density at radius 3 is 1.57 bits per heavy atom. The highest BCUT2D eigenvalue weighted by atomic mass is 31.2. The summed E-state index contributed by atoms with van der Waals surface area (Å²) in [6, 6.07) is -1.47. The Balaban J connectivity index is 4.25. The number of hydrogen-bond acceptors (Lipinski definition) is 8. The number of unbranched alkanes of at least 4 members (excludes halogenated alkanes) is 23. The average Bonchev–Trinajstić information content (AvgIpc) is 3.13. The predicted molar refractivity (Wildman–Crippen MR) is 217 cm³/mol. The summed E-state index contributed by atoms with van der Waals surface area (Å²) in [5.74, 6) is -1.79. The van der Waals surface area contributed by atoms with Crippen LogP contribution in [-0.4, -0.2) is 60.5 Å². The summed E-state index contributed by atoms with van der Waals surface area (Å²) >= 11 is 0. The van der Waals surface area contributed by atoms with Crippen molar-refractivity contribution in [2.45, 2.75) is 206 Å². The van der Waals surface area contributed by atoms with Crippen LogP contribution < -0.4 is 5.73 Å². The van der Waals surface area contributed by atoms with Gasteiger partial charge in [0.15, 0.2) is 0 Å². The molecular formula is C42H80NO9P. The van der Waals surface area contributed by atoms with E-state index in [0.717, 1.165) is 57.8 Å². The lowest BCUT2D eigenvalue weighted by molar-refractivity contribution is -0.154. The number of rotatable bonds is 41. The van der Waals surface area contributed by atoms with Gasteiger partial charge in [-0.2, -0.15) is 0 Å². The summed E-state index contributed by atoms with van der Waals surface area (Å²) in [6.07, 6.45) is 40.8. The molecule has 11 heteroatoms.